The van der Waals surface area contributed by atoms with E-state index in [0.717, 1.165) is 19.5 Å². The molecular formula is C18H28N4O3S. The number of nitrogens with one attached hydrogen (secondary N) is 3. The fourth-order valence-electron chi connectivity index (χ4n) is 2.79. The second-order valence-corrected chi connectivity index (χ2v) is 8.57. The molecule has 1 aromatic rings. The van der Waals surface area contributed by atoms with Gasteiger partial charge in [0.05, 0.1) is 18.1 Å². The molecule has 1 unspecified atom stereocenters. The van der Waals surface area contributed by atoms with Crippen LogP contribution in [0.1, 0.15) is 25.3 Å². The fourth-order valence-corrected chi connectivity index (χ4v) is 4.46. The van der Waals surface area contributed by atoms with E-state index >= 15 is 0 Å². The molecule has 1 aromatic carbocycles. The van der Waals surface area contributed by atoms with Crippen molar-refractivity contribution in [3.8, 4) is 0 Å². The Morgan fingerprint density at radius 3 is 2.65 bits per heavy atom. The molecule has 1 saturated heterocycles. The molecule has 3 N–H and O–H groups in total. The number of aliphatic imine (C=N–C) groups is 1. The van der Waals surface area contributed by atoms with Gasteiger partial charge in [0.15, 0.2) is 15.8 Å². The van der Waals surface area contributed by atoms with Crippen molar-refractivity contribution >= 4 is 21.7 Å². The Balaban J connectivity index is 1.71. The number of benzene rings is 1. The van der Waals surface area contributed by atoms with Gasteiger partial charge in [-0.1, -0.05) is 30.3 Å². The highest BCUT2D eigenvalue weighted by atomic mass is 32.2. The summed E-state index contributed by atoms with van der Waals surface area (Å²) in [6.07, 6.45) is 1.63. The lowest BCUT2D eigenvalue weighted by molar-refractivity contribution is -0.121. The third-order valence-corrected chi connectivity index (χ3v) is 5.87. The van der Waals surface area contributed by atoms with Gasteiger partial charge in [0.25, 0.3) is 0 Å². The lowest BCUT2D eigenvalue weighted by Gasteiger charge is -2.12. The SMILES string of the molecule is CCNC(=NCCC(=O)NC1CCS(=O)(=O)C1)NCCc1ccccc1. The molecule has 144 valence electrons. The number of nitrogens with zero attached hydrogens (tertiary/aromatic N) is 1. The first-order valence-electron chi connectivity index (χ1n) is 9.04. The van der Waals surface area contributed by atoms with Crippen LogP contribution in [0.15, 0.2) is 35.3 Å². The van der Waals surface area contributed by atoms with Gasteiger partial charge in [-0.25, -0.2) is 8.42 Å². The summed E-state index contributed by atoms with van der Waals surface area (Å²) in [5.41, 5.74) is 1.25. The van der Waals surface area contributed by atoms with E-state index in [1.807, 2.05) is 25.1 Å². The fraction of sp³-hybridized carbons (Fsp3) is 0.556. The van der Waals surface area contributed by atoms with Crippen molar-refractivity contribution < 1.29 is 13.2 Å². The van der Waals surface area contributed by atoms with Gasteiger partial charge >= 0.3 is 0 Å². The predicted molar refractivity (Wildman–Crippen MR) is 104 cm³/mol. The minimum atomic E-state index is -2.98. The maximum Gasteiger partial charge on any atom is 0.222 e. The van der Waals surface area contributed by atoms with Crippen LogP contribution >= 0.6 is 0 Å². The van der Waals surface area contributed by atoms with Crippen molar-refractivity contribution in [2.45, 2.75) is 32.2 Å². The first kappa shape index (κ1) is 20.2. The summed E-state index contributed by atoms with van der Waals surface area (Å²) in [6.45, 7) is 3.83. The van der Waals surface area contributed by atoms with Gasteiger partial charge in [-0.15, -0.1) is 0 Å². The van der Waals surface area contributed by atoms with E-state index in [4.69, 9.17) is 0 Å². The summed E-state index contributed by atoms with van der Waals surface area (Å²) in [7, 11) is -2.98. The van der Waals surface area contributed by atoms with Gasteiger partial charge in [-0.2, -0.15) is 0 Å². The standard InChI is InChI=1S/C18H28N4O3S/c1-2-19-18(20-11-8-15-6-4-3-5-7-15)21-12-9-17(23)22-16-10-13-26(24,25)14-16/h3-7,16H,2,8-14H2,1H3,(H,22,23)(H2,19,20,21). The lowest BCUT2D eigenvalue weighted by atomic mass is 10.1. The van der Waals surface area contributed by atoms with Gasteiger partial charge in [-0.3, -0.25) is 9.79 Å². The van der Waals surface area contributed by atoms with Crippen molar-refractivity contribution in [3.63, 3.8) is 0 Å². The third-order valence-electron chi connectivity index (χ3n) is 4.10. The molecule has 0 aromatic heterocycles. The molecule has 1 aliphatic rings. The van der Waals surface area contributed by atoms with Gasteiger partial charge in [0.2, 0.25) is 5.91 Å². The molecule has 0 saturated carbocycles. The number of hydrogen-bond acceptors (Lipinski definition) is 4. The van der Waals surface area contributed by atoms with Crippen LogP contribution in [0.25, 0.3) is 0 Å². The molecule has 26 heavy (non-hydrogen) atoms. The molecule has 0 aliphatic carbocycles. The maximum absolute atomic E-state index is 11.9. The Morgan fingerprint density at radius 2 is 2.00 bits per heavy atom. The molecule has 1 atom stereocenters. The number of hydrogen-bond donors (Lipinski definition) is 3. The summed E-state index contributed by atoms with van der Waals surface area (Å²) in [5, 5.41) is 9.19. The highest BCUT2D eigenvalue weighted by Crippen LogP contribution is 2.11. The van der Waals surface area contributed by atoms with E-state index < -0.39 is 9.84 Å². The van der Waals surface area contributed by atoms with Crippen molar-refractivity contribution in [1.82, 2.24) is 16.0 Å². The van der Waals surface area contributed by atoms with Crippen molar-refractivity contribution in [2.24, 2.45) is 4.99 Å². The molecule has 1 heterocycles. The molecule has 0 bridgehead atoms. The number of sulfone groups is 1. The summed E-state index contributed by atoms with van der Waals surface area (Å²) in [4.78, 5) is 16.3. The molecule has 8 heteroatoms. The lowest BCUT2D eigenvalue weighted by Crippen LogP contribution is -2.39. The average Bonchev–Trinajstić information content (AvgIpc) is 2.94. The van der Waals surface area contributed by atoms with Crippen LogP contribution in [0.5, 0.6) is 0 Å². The van der Waals surface area contributed by atoms with Crippen molar-refractivity contribution in [2.75, 3.05) is 31.1 Å². The minimum Gasteiger partial charge on any atom is -0.357 e. The summed E-state index contributed by atoms with van der Waals surface area (Å²) < 4.78 is 22.8. The van der Waals surface area contributed by atoms with Crippen LogP contribution in [0, 0.1) is 0 Å². The normalized spacial score (nSPS) is 19.1. The Kier molecular flexibility index (Phi) is 7.90. The Bertz CT molecular complexity index is 704. The Hall–Kier alpha value is -2.09. The topological polar surface area (TPSA) is 99.7 Å². The second kappa shape index (κ2) is 10.2. The van der Waals surface area contributed by atoms with E-state index in [2.05, 4.69) is 33.1 Å². The van der Waals surface area contributed by atoms with Crippen LogP contribution < -0.4 is 16.0 Å². The summed E-state index contributed by atoms with van der Waals surface area (Å²) in [5.74, 6) is 0.730. The summed E-state index contributed by atoms with van der Waals surface area (Å²) in [6, 6.07) is 9.94. The predicted octanol–water partition coefficient (Wildman–Crippen LogP) is 0.478. The van der Waals surface area contributed by atoms with E-state index in [1.165, 1.54) is 5.56 Å². The highest BCUT2D eigenvalue weighted by molar-refractivity contribution is 7.91. The number of guanidine groups is 1. The molecule has 2 rings (SSSR count). The van der Waals surface area contributed by atoms with Crippen LogP contribution in [-0.2, 0) is 21.1 Å². The second-order valence-electron chi connectivity index (χ2n) is 6.34. The van der Waals surface area contributed by atoms with E-state index in [-0.39, 0.29) is 29.9 Å². The quantitative estimate of drug-likeness (QED) is 0.450. The number of carbonyl (C=O) groups is 1. The minimum absolute atomic E-state index is 0.0473. The molecule has 0 radical (unpaired) electrons. The smallest absolute Gasteiger partial charge is 0.222 e. The number of amides is 1. The average molecular weight is 381 g/mol. The van der Waals surface area contributed by atoms with Gasteiger partial charge < -0.3 is 16.0 Å². The maximum atomic E-state index is 11.9. The largest absolute Gasteiger partial charge is 0.357 e. The Morgan fingerprint density at radius 1 is 1.23 bits per heavy atom. The molecular weight excluding hydrogens is 352 g/mol. The van der Waals surface area contributed by atoms with Crippen molar-refractivity contribution in [3.05, 3.63) is 35.9 Å². The zero-order valence-corrected chi connectivity index (χ0v) is 16.0. The molecule has 1 fully saturated rings. The van der Waals surface area contributed by atoms with Gasteiger partial charge in [0, 0.05) is 25.6 Å². The Labute approximate surface area is 155 Å². The third kappa shape index (κ3) is 7.43. The zero-order chi connectivity index (χ0) is 18.8. The zero-order valence-electron chi connectivity index (χ0n) is 15.2. The van der Waals surface area contributed by atoms with Crippen LogP contribution in [0.3, 0.4) is 0 Å². The van der Waals surface area contributed by atoms with E-state index in [0.29, 0.717) is 18.9 Å². The van der Waals surface area contributed by atoms with Crippen LogP contribution in [0.4, 0.5) is 0 Å². The van der Waals surface area contributed by atoms with Crippen LogP contribution in [0.2, 0.25) is 0 Å². The number of rotatable bonds is 8. The first-order valence-corrected chi connectivity index (χ1v) is 10.9. The molecule has 0 spiro atoms. The van der Waals surface area contributed by atoms with E-state index in [1.54, 1.807) is 0 Å². The molecule has 1 aliphatic heterocycles. The highest BCUT2D eigenvalue weighted by Gasteiger charge is 2.28. The van der Waals surface area contributed by atoms with Crippen LogP contribution in [-0.4, -0.2) is 57.5 Å². The van der Waals surface area contributed by atoms with Gasteiger partial charge in [-0.05, 0) is 25.3 Å². The first-order chi connectivity index (χ1) is 12.5. The number of carbonyl (C=O) groups excluding carboxylic acids is 1. The molecule has 1 amide bonds. The van der Waals surface area contributed by atoms with Crippen molar-refractivity contribution in [1.29, 1.82) is 0 Å². The monoisotopic (exact) mass is 380 g/mol. The summed E-state index contributed by atoms with van der Waals surface area (Å²) >= 11 is 0. The van der Waals surface area contributed by atoms with Gasteiger partial charge in [0.1, 0.15) is 0 Å². The van der Waals surface area contributed by atoms with E-state index in [9.17, 15) is 13.2 Å². The molecule has 7 nitrogen and oxygen atoms in total.